The van der Waals surface area contributed by atoms with Crippen LogP contribution in [0, 0.1) is 4.77 Å². The van der Waals surface area contributed by atoms with Gasteiger partial charge in [-0.15, -0.1) is 0 Å². The molecule has 94 valence electrons. The van der Waals surface area contributed by atoms with E-state index in [0.29, 0.717) is 22.0 Å². The van der Waals surface area contributed by atoms with E-state index in [1.165, 1.54) is 4.90 Å². The summed E-state index contributed by atoms with van der Waals surface area (Å²) in [5, 5.41) is 6.78. The molecule has 0 atom stereocenters. The van der Waals surface area contributed by atoms with E-state index in [9.17, 15) is 4.79 Å². The molecule has 18 heavy (non-hydrogen) atoms. The van der Waals surface area contributed by atoms with Gasteiger partial charge in [0.25, 0.3) is 5.91 Å². The maximum atomic E-state index is 11.8. The molecule has 0 aliphatic rings. The Balaban J connectivity index is 2.48. The second-order valence-electron chi connectivity index (χ2n) is 4.02. The van der Waals surface area contributed by atoms with Crippen molar-refractivity contribution >= 4 is 18.1 Å². The van der Waals surface area contributed by atoms with Gasteiger partial charge in [0, 0.05) is 21.1 Å². The standard InChI is InChI=1S/C11H13N5OS/c1-15(2)10(17)8-6-4-5-7(12-8)9-13-14-11(18)16(9)3/h4-6H,1-3H3,(H,14,18). The van der Waals surface area contributed by atoms with Crippen LogP contribution in [0.1, 0.15) is 10.5 Å². The van der Waals surface area contributed by atoms with Crippen LogP contribution in [0.3, 0.4) is 0 Å². The number of aromatic amines is 1. The first-order chi connectivity index (χ1) is 8.50. The van der Waals surface area contributed by atoms with Crippen molar-refractivity contribution in [2.24, 2.45) is 7.05 Å². The summed E-state index contributed by atoms with van der Waals surface area (Å²) < 4.78 is 2.22. The molecule has 1 amide bonds. The van der Waals surface area contributed by atoms with E-state index in [2.05, 4.69) is 15.2 Å². The molecular formula is C11H13N5OS. The first kappa shape index (κ1) is 12.4. The highest BCUT2D eigenvalue weighted by atomic mass is 32.1. The molecule has 2 rings (SSSR count). The lowest BCUT2D eigenvalue weighted by Gasteiger charge is -2.09. The molecule has 0 saturated carbocycles. The molecule has 2 aromatic rings. The zero-order valence-electron chi connectivity index (χ0n) is 10.3. The van der Waals surface area contributed by atoms with E-state index < -0.39 is 0 Å². The lowest BCUT2D eigenvalue weighted by molar-refractivity contribution is 0.0822. The minimum absolute atomic E-state index is 0.145. The maximum absolute atomic E-state index is 11.8. The number of aromatic nitrogens is 4. The SMILES string of the molecule is CN(C)C(=O)c1cccc(-c2n[nH]c(=S)n2C)n1. The summed E-state index contributed by atoms with van der Waals surface area (Å²) in [5.41, 5.74) is 0.990. The van der Waals surface area contributed by atoms with Crippen LogP contribution in [-0.4, -0.2) is 44.7 Å². The number of hydrogen-bond donors (Lipinski definition) is 1. The van der Waals surface area contributed by atoms with Crippen molar-refractivity contribution in [2.45, 2.75) is 0 Å². The lowest BCUT2D eigenvalue weighted by Crippen LogP contribution is -2.22. The van der Waals surface area contributed by atoms with Crippen molar-refractivity contribution in [3.05, 3.63) is 28.7 Å². The third-order valence-corrected chi connectivity index (χ3v) is 2.85. The first-order valence-electron chi connectivity index (χ1n) is 5.31. The van der Waals surface area contributed by atoms with E-state index in [4.69, 9.17) is 12.2 Å². The molecule has 6 nitrogen and oxygen atoms in total. The highest BCUT2D eigenvalue weighted by Crippen LogP contribution is 2.14. The van der Waals surface area contributed by atoms with Gasteiger partial charge in [-0.25, -0.2) is 4.98 Å². The van der Waals surface area contributed by atoms with Gasteiger partial charge in [-0.3, -0.25) is 9.89 Å². The van der Waals surface area contributed by atoms with Crippen LogP contribution >= 0.6 is 12.2 Å². The first-order valence-corrected chi connectivity index (χ1v) is 5.72. The molecule has 0 aliphatic carbocycles. The lowest BCUT2D eigenvalue weighted by atomic mass is 10.2. The number of H-pyrrole nitrogens is 1. The van der Waals surface area contributed by atoms with Crippen LogP contribution in [-0.2, 0) is 7.05 Å². The molecule has 7 heteroatoms. The fourth-order valence-corrected chi connectivity index (χ4v) is 1.62. The number of amides is 1. The second-order valence-corrected chi connectivity index (χ2v) is 4.41. The van der Waals surface area contributed by atoms with Crippen molar-refractivity contribution in [2.75, 3.05) is 14.1 Å². The van der Waals surface area contributed by atoms with Gasteiger partial charge in [-0.05, 0) is 24.4 Å². The summed E-state index contributed by atoms with van der Waals surface area (Å²) in [6.07, 6.45) is 0. The molecule has 0 fully saturated rings. The Hall–Kier alpha value is -2.02. The molecule has 2 aromatic heterocycles. The Labute approximate surface area is 109 Å². The molecule has 0 radical (unpaired) electrons. The summed E-state index contributed by atoms with van der Waals surface area (Å²) >= 11 is 5.04. The van der Waals surface area contributed by atoms with Crippen LogP contribution in [0.4, 0.5) is 0 Å². The van der Waals surface area contributed by atoms with Gasteiger partial charge in [-0.1, -0.05) is 6.07 Å². The van der Waals surface area contributed by atoms with Gasteiger partial charge in [0.1, 0.15) is 11.4 Å². The fraction of sp³-hybridized carbons (Fsp3) is 0.273. The second kappa shape index (κ2) is 4.69. The Kier molecular flexibility index (Phi) is 3.24. The third kappa shape index (κ3) is 2.17. The zero-order chi connectivity index (χ0) is 13.3. The predicted molar refractivity (Wildman–Crippen MR) is 69.6 cm³/mol. The summed E-state index contributed by atoms with van der Waals surface area (Å²) in [4.78, 5) is 17.6. The molecule has 0 spiro atoms. The van der Waals surface area contributed by atoms with Crippen molar-refractivity contribution in [3.8, 4) is 11.5 Å². The number of hydrogen-bond acceptors (Lipinski definition) is 4. The normalized spacial score (nSPS) is 10.4. The van der Waals surface area contributed by atoms with Crippen molar-refractivity contribution in [1.82, 2.24) is 24.6 Å². The monoisotopic (exact) mass is 263 g/mol. The maximum Gasteiger partial charge on any atom is 0.271 e. The Morgan fingerprint density at radius 3 is 2.72 bits per heavy atom. The van der Waals surface area contributed by atoms with E-state index >= 15 is 0 Å². The Bertz CT molecular complexity index is 643. The summed E-state index contributed by atoms with van der Waals surface area (Å²) in [6, 6.07) is 5.24. The summed E-state index contributed by atoms with van der Waals surface area (Å²) in [6.45, 7) is 0. The molecule has 0 aliphatic heterocycles. The predicted octanol–water partition coefficient (Wildman–Crippen LogP) is 1.24. The molecule has 0 saturated heterocycles. The summed E-state index contributed by atoms with van der Waals surface area (Å²) in [5.74, 6) is 0.460. The largest absolute Gasteiger partial charge is 0.343 e. The minimum atomic E-state index is -0.145. The average molecular weight is 263 g/mol. The molecular weight excluding hydrogens is 250 g/mol. The average Bonchev–Trinajstić information content (AvgIpc) is 2.69. The molecule has 2 heterocycles. The van der Waals surface area contributed by atoms with E-state index in [1.54, 1.807) is 43.9 Å². The van der Waals surface area contributed by atoms with Crippen LogP contribution in [0.5, 0.6) is 0 Å². The highest BCUT2D eigenvalue weighted by molar-refractivity contribution is 7.71. The van der Waals surface area contributed by atoms with Gasteiger partial charge in [0.2, 0.25) is 0 Å². The minimum Gasteiger partial charge on any atom is -0.343 e. The number of pyridine rings is 1. The Morgan fingerprint density at radius 2 is 2.17 bits per heavy atom. The van der Waals surface area contributed by atoms with Crippen LogP contribution < -0.4 is 0 Å². The molecule has 1 N–H and O–H groups in total. The highest BCUT2D eigenvalue weighted by Gasteiger charge is 2.13. The number of nitrogens with zero attached hydrogens (tertiary/aromatic N) is 4. The Morgan fingerprint density at radius 1 is 1.44 bits per heavy atom. The van der Waals surface area contributed by atoms with Gasteiger partial charge in [-0.2, -0.15) is 5.10 Å². The van der Waals surface area contributed by atoms with Gasteiger partial charge in [0.15, 0.2) is 10.6 Å². The van der Waals surface area contributed by atoms with Crippen molar-refractivity contribution < 1.29 is 4.79 Å². The third-order valence-electron chi connectivity index (χ3n) is 2.48. The molecule has 0 unspecified atom stereocenters. The van der Waals surface area contributed by atoms with E-state index in [0.717, 1.165) is 0 Å². The molecule has 0 aromatic carbocycles. The zero-order valence-corrected chi connectivity index (χ0v) is 11.2. The number of rotatable bonds is 2. The van der Waals surface area contributed by atoms with E-state index in [1.807, 2.05) is 0 Å². The van der Waals surface area contributed by atoms with Gasteiger partial charge < -0.3 is 9.47 Å². The van der Waals surface area contributed by atoms with Crippen LogP contribution in [0.25, 0.3) is 11.5 Å². The van der Waals surface area contributed by atoms with Gasteiger partial charge >= 0.3 is 0 Å². The van der Waals surface area contributed by atoms with Crippen molar-refractivity contribution in [3.63, 3.8) is 0 Å². The topological polar surface area (TPSA) is 66.8 Å². The number of carbonyl (C=O) groups excluding carboxylic acids is 1. The van der Waals surface area contributed by atoms with Crippen LogP contribution in [0.2, 0.25) is 0 Å². The summed E-state index contributed by atoms with van der Waals surface area (Å²) in [7, 11) is 5.17. The quantitative estimate of drug-likeness (QED) is 0.828. The van der Waals surface area contributed by atoms with Crippen molar-refractivity contribution in [1.29, 1.82) is 0 Å². The van der Waals surface area contributed by atoms with Gasteiger partial charge in [0.05, 0.1) is 0 Å². The molecule has 0 bridgehead atoms. The number of nitrogens with one attached hydrogen (secondary N) is 1. The smallest absolute Gasteiger partial charge is 0.271 e. The van der Waals surface area contributed by atoms with Crippen LogP contribution in [0.15, 0.2) is 18.2 Å². The fourth-order valence-electron chi connectivity index (χ4n) is 1.48. The van der Waals surface area contributed by atoms with E-state index in [-0.39, 0.29) is 5.91 Å². The number of carbonyl (C=O) groups is 1.